The zero-order valence-electron chi connectivity index (χ0n) is 11.9. The number of nitrogens with one attached hydrogen (secondary N) is 1. The topological polar surface area (TPSA) is 71.2 Å². The molecule has 21 heavy (non-hydrogen) atoms. The lowest BCUT2D eigenvalue weighted by Crippen LogP contribution is -2.46. The smallest absolute Gasteiger partial charge is 0.243 e. The molecule has 0 fully saturated rings. The summed E-state index contributed by atoms with van der Waals surface area (Å²) in [6.45, 7) is 2.22. The molecule has 0 radical (unpaired) electrons. The average Bonchev–Trinajstić information content (AvgIpc) is 2.48. The first-order valence-electron chi connectivity index (χ1n) is 6.99. The highest BCUT2D eigenvalue weighted by molar-refractivity contribution is 6.01. The highest BCUT2D eigenvalue weighted by Crippen LogP contribution is 2.35. The third kappa shape index (κ3) is 2.60. The highest BCUT2D eigenvalue weighted by atomic mass is 16.2. The standard InChI is InChI=1S/C16H18N4O/c1-11(17)16(13-7-4-5-9-18-13)20-10-15(21)19-12-6-2-3-8-14(12)20/h2-9,11,16H,10,17H2,1H3,(H,19,21). The Morgan fingerprint density at radius 3 is 2.71 bits per heavy atom. The number of amides is 1. The second kappa shape index (κ2) is 5.54. The van der Waals surface area contributed by atoms with Gasteiger partial charge in [0, 0.05) is 12.2 Å². The fourth-order valence-electron chi connectivity index (χ4n) is 2.77. The minimum Gasteiger partial charge on any atom is -0.350 e. The molecular formula is C16H18N4O. The molecule has 0 aliphatic carbocycles. The number of pyridine rings is 1. The largest absolute Gasteiger partial charge is 0.350 e. The van der Waals surface area contributed by atoms with Gasteiger partial charge in [-0.25, -0.2) is 0 Å². The molecule has 1 aliphatic heterocycles. The second-order valence-corrected chi connectivity index (χ2v) is 5.25. The zero-order chi connectivity index (χ0) is 14.8. The molecule has 2 aromatic rings. The lowest BCUT2D eigenvalue weighted by Gasteiger charge is -2.38. The van der Waals surface area contributed by atoms with E-state index in [0.717, 1.165) is 17.1 Å². The second-order valence-electron chi connectivity index (χ2n) is 5.25. The van der Waals surface area contributed by atoms with Gasteiger partial charge in [0.25, 0.3) is 0 Å². The lowest BCUT2D eigenvalue weighted by atomic mass is 10.0. The predicted molar refractivity (Wildman–Crippen MR) is 83.0 cm³/mol. The van der Waals surface area contributed by atoms with E-state index in [1.807, 2.05) is 54.3 Å². The number of hydrogen-bond donors (Lipinski definition) is 2. The molecule has 3 N–H and O–H groups in total. The Labute approximate surface area is 123 Å². The van der Waals surface area contributed by atoms with Gasteiger partial charge in [-0.3, -0.25) is 9.78 Å². The van der Waals surface area contributed by atoms with E-state index in [1.165, 1.54) is 0 Å². The van der Waals surface area contributed by atoms with E-state index in [2.05, 4.69) is 10.3 Å². The number of carbonyl (C=O) groups excluding carboxylic acids is 1. The summed E-state index contributed by atoms with van der Waals surface area (Å²) in [4.78, 5) is 18.4. The Balaban J connectivity index is 2.06. The monoisotopic (exact) mass is 282 g/mol. The molecule has 1 aromatic heterocycles. The molecule has 3 rings (SSSR count). The van der Waals surface area contributed by atoms with Gasteiger partial charge in [0.15, 0.2) is 0 Å². The lowest BCUT2D eigenvalue weighted by molar-refractivity contribution is -0.115. The van der Waals surface area contributed by atoms with Crippen LogP contribution in [0.3, 0.4) is 0 Å². The normalized spacial score (nSPS) is 16.9. The molecule has 1 aromatic carbocycles. The molecule has 0 bridgehead atoms. The molecule has 1 amide bonds. The summed E-state index contributed by atoms with van der Waals surface area (Å²) < 4.78 is 0. The number of carbonyl (C=O) groups is 1. The molecule has 0 spiro atoms. The fourth-order valence-corrected chi connectivity index (χ4v) is 2.77. The minimum atomic E-state index is -0.154. The maximum Gasteiger partial charge on any atom is 0.243 e. The predicted octanol–water partition coefficient (Wildman–Crippen LogP) is 1.93. The van der Waals surface area contributed by atoms with Crippen LogP contribution in [0, 0.1) is 0 Å². The summed E-state index contributed by atoms with van der Waals surface area (Å²) in [6, 6.07) is 13.2. The summed E-state index contributed by atoms with van der Waals surface area (Å²) in [5.41, 5.74) is 8.85. The maximum absolute atomic E-state index is 12.0. The van der Waals surface area contributed by atoms with E-state index in [1.54, 1.807) is 6.20 Å². The molecule has 2 atom stereocenters. The molecule has 1 aliphatic rings. The summed E-state index contributed by atoms with van der Waals surface area (Å²) >= 11 is 0. The summed E-state index contributed by atoms with van der Waals surface area (Å²) in [6.07, 6.45) is 1.75. The number of fused-ring (bicyclic) bond motifs is 1. The zero-order valence-corrected chi connectivity index (χ0v) is 11.9. The van der Waals surface area contributed by atoms with E-state index in [-0.39, 0.29) is 24.5 Å². The van der Waals surface area contributed by atoms with Crippen LogP contribution in [-0.4, -0.2) is 23.5 Å². The van der Waals surface area contributed by atoms with E-state index < -0.39 is 0 Å². The van der Waals surface area contributed by atoms with Crippen molar-refractivity contribution in [1.82, 2.24) is 4.98 Å². The van der Waals surface area contributed by atoms with Gasteiger partial charge in [-0.2, -0.15) is 0 Å². The van der Waals surface area contributed by atoms with Crippen LogP contribution in [0.25, 0.3) is 0 Å². The van der Waals surface area contributed by atoms with Crippen molar-refractivity contribution in [2.24, 2.45) is 5.73 Å². The Morgan fingerprint density at radius 1 is 1.24 bits per heavy atom. The van der Waals surface area contributed by atoms with Gasteiger partial charge in [-0.05, 0) is 31.2 Å². The quantitative estimate of drug-likeness (QED) is 0.902. The first-order chi connectivity index (χ1) is 10.2. The maximum atomic E-state index is 12.0. The van der Waals surface area contributed by atoms with Crippen molar-refractivity contribution in [3.63, 3.8) is 0 Å². The molecule has 2 unspecified atom stereocenters. The van der Waals surface area contributed by atoms with Crippen LogP contribution in [-0.2, 0) is 4.79 Å². The van der Waals surface area contributed by atoms with Crippen molar-refractivity contribution in [2.45, 2.75) is 19.0 Å². The Hall–Kier alpha value is -2.40. The number of benzene rings is 1. The molecule has 2 heterocycles. The molecule has 0 saturated heterocycles. The summed E-state index contributed by atoms with van der Waals surface area (Å²) in [7, 11) is 0. The first-order valence-corrected chi connectivity index (χ1v) is 6.99. The van der Waals surface area contributed by atoms with Crippen LogP contribution in [0.4, 0.5) is 11.4 Å². The van der Waals surface area contributed by atoms with E-state index in [4.69, 9.17) is 5.73 Å². The van der Waals surface area contributed by atoms with Crippen LogP contribution < -0.4 is 16.0 Å². The van der Waals surface area contributed by atoms with Crippen molar-refractivity contribution >= 4 is 17.3 Å². The van der Waals surface area contributed by atoms with Crippen LogP contribution >= 0.6 is 0 Å². The number of nitrogens with zero attached hydrogens (tertiary/aromatic N) is 2. The van der Waals surface area contributed by atoms with Crippen LogP contribution in [0.1, 0.15) is 18.7 Å². The summed E-state index contributed by atoms with van der Waals surface area (Å²) in [5.74, 6) is -0.0321. The number of rotatable bonds is 3. The van der Waals surface area contributed by atoms with E-state index in [0.29, 0.717) is 0 Å². The minimum absolute atomic E-state index is 0.0321. The van der Waals surface area contributed by atoms with Crippen LogP contribution in [0.15, 0.2) is 48.7 Å². The van der Waals surface area contributed by atoms with Gasteiger partial charge >= 0.3 is 0 Å². The van der Waals surface area contributed by atoms with Gasteiger partial charge in [0.1, 0.15) is 0 Å². The van der Waals surface area contributed by atoms with Gasteiger partial charge in [-0.15, -0.1) is 0 Å². The molecular weight excluding hydrogens is 264 g/mol. The number of para-hydroxylation sites is 2. The van der Waals surface area contributed by atoms with Gasteiger partial charge in [-0.1, -0.05) is 18.2 Å². The van der Waals surface area contributed by atoms with Gasteiger partial charge in [0.05, 0.1) is 29.7 Å². The number of aromatic nitrogens is 1. The van der Waals surface area contributed by atoms with Crippen LogP contribution in [0.2, 0.25) is 0 Å². The van der Waals surface area contributed by atoms with Crippen molar-refractivity contribution < 1.29 is 4.79 Å². The Morgan fingerprint density at radius 2 is 2.00 bits per heavy atom. The molecule has 5 nitrogen and oxygen atoms in total. The van der Waals surface area contributed by atoms with Crippen molar-refractivity contribution in [1.29, 1.82) is 0 Å². The van der Waals surface area contributed by atoms with Crippen molar-refractivity contribution in [2.75, 3.05) is 16.8 Å². The molecule has 5 heteroatoms. The Bertz CT molecular complexity index is 642. The van der Waals surface area contributed by atoms with Crippen LogP contribution in [0.5, 0.6) is 0 Å². The number of nitrogens with two attached hydrogens (primary N) is 1. The molecule has 0 saturated carbocycles. The van der Waals surface area contributed by atoms with Gasteiger partial charge < -0.3 is 16.0 Å². The van der Waals surface area contributed by atoms with Crippen molar-refractivity contribution in [3.05, 3.63) is 54.4 Å². The number of hydrogen-bond acceptors (Lipinski definition) is 4. The fraction of sp³-hybridized carbons (Fsp3) is 0.250. The van der Waals surface area contributed by atoms with E-state index in [9.17, 15) is 4.79 Å². The van der Waals surface area contributed by atoms with E-state index >= 15 is 0 Å². The summed E-state index contributed by atoms with van der Waals surface area (Å²) in [5, 5.41) is 2.89. The SMILES string of the molecule is CC(N)C(c1ccccn1)N1CC(=O)Nc2ccccc21. The van der Waals surface area contributed by atoms with Crippen molar-refractivity contribution in [3.8, 4) is 0 Å². The Kier molecular flexibility index (Phi) is 3.58. The molecule has 108 valence electrons. The highest BCUT2D eigenvalue weighted by Gasteiger charge is 2.31. The number of anilines is 2. The first kappa shape index (κ1) is 13.6. The average molecular weight is 282 g/mol. The third-order valence-corrected chi connectivity index (χ3v) is 3.63. The third-order valence-electron chi connectivity index (χ3n) is 3.63. The van der Waals surface area contributed by atoms with Gasteiger partial charge in [0.2, 0.25) is 5.91 Å².